The number of hydrogen-bond donors (Lipinski definition) is 2. The van der Waals surface area contributed by atoms with E-state index in [-0.39, 0.29) is 17.3 Å². The number of aromatic amines is 1. The van der Waals surface area contributed by atoms with Crippen LogP contribution in [0.15, 0.2) is 47.3 Å². The number of amides is 1. The Labute approximate surface area is 204 Å². The topological polar surface area (TPSA) is 84.8 Å². The number of benzene rings is 1. The maximum Gasteiger partial charge on any atom is 0.233 e. The van der Waals surface area contributed by atoms with Gasteiger partial charge in [0.1, 0.15) is 0 Å². The Morgan fingerprint density at radius 2 is 2.21 bits per heavy atom. The van der Waals surface area contributed by atoms with Crippen LogP contribution in [-0.2, 0) is 16.1 Å². The van der Waals surface area contributed by atoms with Crippen LogP contribution in [0.5, 0.6) is 0 Å². The van der Waals surface area contributed by atoms with Gasteiger partial charge < -0.3 is 15.0 Å². The quantitative estimate of drug-likeness (QED) is 0.330. The van der Waals surface area contributed by atoms with Crippen LogP contribution in [0.3, 0.4) is 0 Å². The summed E-state index contributed by atoms with van der Waals surface area (Å²) in [6.45, 7) is 4.12. The lowest BCUT2D eigenvalue weighted by atomic mass is 9.97. The first-order valence-corrected chi connectivity index (χ1v) is 13.3. The zero-order valence-corrected chi connectivity index (χ0v) is 20.6. The van der Waals surface area contributed by atoms with Crippen LogP contribution in [0.25, 0.3) is 22.3 Å². The molecule has 1 fully saturated rings. The molecule has 2 N–H and O–H groups in total. The summed E-state index contributed by atoms with van der Waals surface area (Å²) in [4.78, 5) is 16.2. The van der Waals surface area contributed by atoms with Gasteiger partial charge in [-0.3, -0.25) is 9.36 Å². The number of hydrogen-bond acceptors (Lipinski definition) is 5. The number of fused-ring (bicyclic) bond motifs is 1. The second-order valence-corrected chi connectivity index (χ2v) is 10.5. The Bertz CT molecular complexity index is 1160. The molecule has 0 bridgehead atoms. The molecule has 1 aliphatic carbocycles. The zero-order valence-electron chi connectivity index (χ0n) is 19.8. The van der Waals surface area contributed by atoms with Crippen molar-refractivity contribution in [2.45, 2.75) is 74.9 Å². The molecule has 1 saturated heterocycles. The van der Waals surface area contributed by atoms with E-state index >= 15 is 0 Å². The summed E-state index contributed by atoms with van der Waals surface area (Å²) in [5.74, 6) is 0.856. The van der Waals surface area contributed by atoms with Crippen LogP contribution in [0.2, 0.25) is 0 Å². The normalized spacial score (nSPS) is 19.3. The minimum absolute atomic E-state index is 0.0433. The summed E-state index contributed by atoms with van der Waals surface area (Å²) in [5.41, 5.74) is 3.57. The number of ether oxygens (including phenoxy) is 1. The average Bonchev–Trinajstić information content (AvgIpc) is 3.61. The van der Waals surface area contributed by atoms with Crippen LogP contribution in [0.1, 0.15) is 51.9 Å². The van der Waals surface area contributed by atoms with E-state index in [1.807, 2.05) is 25.3 Å². The van der Waals surface area contributed by atoms with Crippen molar-refractivity contribution in [1.29, 1.82) is 0 Å². The van der Waals surface area contributed by atoms with E-state index in [1.165, 1.54) is 43.0 Å². The summed E-state index contributed by atoms with van der Waals surface area (Å²) in [5, 5.41) is 13.8. The first-order chi connectivity index (χ1) is 16.7. The predicted molar refractivity (Wildman–Crippen MR) is 136 cm³/mol. The number of thioether (sulfide) groups is 1. The number of carbonyl (C=O) groups is 1. The van der Waals surface area contributed by atoms with E-state index < -0.39 is 0 Å². The minimum Gasteiger partial charge on any atom is -0.376 e. The number of allylic oxidation sites excluding steroid dienone is 1. The van der Waals surface area contributed by atoms with Crippen molar-refractivity contribution in [2.75, 3.05) is 13.2 Å². The van der Waals surface area contributed by atoms with Crippen molar-refractivity contribution in [3.05, 3.63) is 42.1 Å². The van der Waals surface area contributed by atoms with Crippen molar-refractivity contribution < 1.29 is 9.53 Å². The van der Waals surface area contributed by atoms with Gasteiger partial charge in [0, 0.05) is 35.8 Å². The van der Waals surface area contributed by atoms with Crippen molar-refractivity contribution >= 4 is 28.6 Å². The summed E-state index contributed by atoms with van der Waals surface area (Å²) >= 11 is 1.47. The largest absolute Gasteiger partial charge is 0.376 e. The fourth-order valence-electron chi connectivity index (χ4n) is 4.82. The molecule has 34 heavy (non-hydrogen) atoms. The zero-order chi connectivity index (χ0) is 23.3. The van der Waals surface area contributed by atoms with E-state index in [0.29, 0.717) is 13.1 Å². The summed E-state index contributed by atoms with van der Waals surface area (Å²) < 4.78 is 8.06. The minimum atomic E-state index is -0.261. The lowest BCUT2D eigenvalue weighted by molar-refractivity contribution is -0.120. The van der Waals surface area contributed by atoms with Gasteiger partial charge in [0.15, 0.2) is 11.0 Å². The Kier molecular flexibility index (Phi) is 7.35. The highest BCUT2D eigenvalue weighted by atomic mass is 32.2. The van der Waals surface area contributed by atoms with Gasteiger partial charge in [0.25, 0.3) is 0 Å². The molecule has 2 unspecified atom stereocenters. The number of para-hydroxylation sites is 1. The first-order valence-electron chi connectivity index (χ1n) is 12.4. The SMILES string of the molecule is CC(Sc1nnc(-c2c[nH]c3ccccc23)n1CC1CCCO1)C(=O)NCCC1=CCCCC1. The number of nitrogens with one attached hydrogen (secondary N) is 2. The molecule has 2 atom stereocenters. The highest BCUT2D eigenvalue weighted by Crippen LogP contribution is 2.32. The van der Waals surface area contributed by atoms with Crippen LogP contribution in [0.4, 0.5) is 0 Å². The molecule has 5 rings (SSSR count). The molecule has 1 amide bonds. The van der Waals surface area contributed by atoms with E-state index in [1.54, 1.807) is 0 Å². The molecule has 0 saturated carbocycles. The molecule has 8 heteroatoms. The number of carbonyl (C=O) groups excluding carboxylic acids is 1. The van der Waals surface area contributed by atoms with E-state index in [2.05, 4.69) is 43.3 Å². The Hall–Kier alpha value is -2.58. The number of aromatic nitrogens is 4. The van der Waals surface area contributed by atoms with Gasteiger partial charge in [0.05, 0.1) is 17.9 Å². The molecule has 1 aliphatic heterocycles. The van der Waals surface area contributed by atoms with E-state index in [4.69, 9.17) is 4.74 Å². The molecule has 1 aromatic carbocycles. The molecule has 0 radical (unpaired) electrons. The van der Waals surface area contributed by atoms with Crippen LogP contribution in [0, 0.1) is 0 Å². The maximum absolute atomic E-state index is 12.8. The second-order valence-electron chi connectivity index (χ2n) is 9.21. The third-order valence-electron chi connectivity index (χ3n) is 6.74. The fraction of sp³-hybridized carbons (Fsp3) is 0.500. The predicted octanol–water partition coefficient (Wildman–Crippen LogP) is 5.09. The number of rotatable bonds is 9. The van der Waals surface area contributed by atoms with E-state index in [0.717, 1.165) is 53.3 Å². The van der Waals surface area contributed by atoms with Crippen molar-refractivity contribution in [1.82, 2.24) is 25.1 Å². The van der Waals surface area contributed by atoms with Crippen LogP contribution in [-0.4, -0.2) is 50.2 Å². The number of nitrogens with zero attached hydrogens (tertiary/aromatic N) is 3. The van der Waals surface area contributed by atoms with Gasteiger partial charge in [0.2, 0.25) is 5.91 Å². The maximum atomic E-state index is 12.8. The van der Waals surface area contributed by atoms with Crippen LogP contribution >= 0.6 is 11.8 Å². The molecule has 7 nitrogen and oxygen atoms in total. The Balaban J connectivity index is 1.31. The molecule has 180 valence electrons. The van der Waals surface area contributed by atoms with Crippen molar-refractivity contribution in [3.8, 4) is 11.4 Å². The summed E-state index contributed by atoms with van der Waals surface area (Å²) in [6.07, 6.45) is 12.4. The highest BCUT2D eigenvalue weighted by Gasteiger charge is 2.25. The highest BCUT2D eigenvalue weighted by molar-refractivity contribution is 8.00. The van der Waals surface area contributed by atoms with Crippen molar-refractivity contribution in [3.63, 3.8) is 0 Å². The Morgan fingerprint density at radius 3 is 3.03 bits per heavy atom. The molecule has 2 aromatic heterocycles. The molecular formula is C26H33N5O2S. The molecule has 0 spiro atoms. The Morgan fingerprint density at radius 1 is 1.29 bits per heavy atom. The smallest absolute Gasteiger partial charge is 0.233 e. The third kappa shape index (κ3) is 5.23. The standard InChI is InChI=1S/C26H33N5O2S/c1-18(25(32)27-14-13-19-8-3-2-4-9-19)34-26-30-29-24(31(26)17-20-10-7-15-33-20)22-16-28-23-12-6-5-11-21(22)23/h5-6,8,11-12,16,18,20,28H,2-4,7,9-10,13-15,17H2,1H3,(H,27,32). The average molecular weight is 480 g/mol. The lowest BCUT2D eigenvalue weighted by Crippen LogP contribution is -2.32. The van der Waals surface area contributed by atoms with Gasteiger partial charge >= 0.3 is 0 Å². The van der Waals surface area contributed by atoms with Gasteiger partial charge in [-0.05, 0) is 57.9 Å². The van der Waals surface area contributed by atoms with E-state index in [9.17, 15) is 4.79 Å². The van der Waals surface area contributed by atoms with Gasteiger partial charge in [-0.1, -0.05) is 41.6 Å². The van der Waals surface area contributed by atoms with Gasteiger partial charge in [-0.15, -0.1) is 10.2 Å². The summed E-state index contributed by atoms with van der Waals surface area (Å²) in [7, 11) is 0. The molecule has 3 aromatic rings. The molecular weight excluding hydrogens is 446 g/mol. The van der Waals surface area contributed by atoms with Crippen molar-refractivity contribution in [2.24, 2.45) is 0 Å². The molecule has 2 aliphatic rings. The lowest BCUT2D eigenvalue weighted by Gasteiger charge is -2.17. The first kappa shape index (κ1) is 23.2. The second kappa shape index (κ2) is 10.8. The number of H-pyrrole nitrogens is 1. The van der Waals surface area contributed by atoms with Crippen LogP contribution < -0.4 is 5.32 Å². The summed E-state index contributed by atoms with van der Waals surface area (Å²) in [6, 6.07) is 8.21. The van der Waals surface area contributed by atoms with Gasteiger partial charge in [-0.2, -0.15) is 0 Å². The molecule has 3 heterocycles. The third-order valence-corrected chi connectivity index (χ3v) is 7.82. The fourth-order valence-corrected chi connectivity index (χ4v) is 5.70. The van der Waals surface area contributed by atoms with Gasteiger partial charge in [-0.25, -0.2) is 0 Å². The monoisotopic (exact) mass is 479 g/mol.